The summed E-state index contributed by atoms with van der Waals surface area (Å²) in [6.45, 7) is 8.90. The van der Waals surface area contributed by atoms with Crippen LogP contribution in [0.25, 0.3) is 0 Å². The molecule has 0 heterocycles. The van der Waals surface area contributed by atoms with E-state index in [1.54, 1.807) is 32.4 Å². The van der Waals surface area contributed by atoms with Crippen molar-refractivity contribution in [1.82, 2.24) is 0 Å². The van der Waals surface area contributed by atoms with Crippen LogP contribution in [0.15, 0.2) is 18.2 Å². The molecule has 0 bridgehead atoms. The van der Waals surface area contributed by atoms with Crippen molar-refractivity contribution >= 4 is 14.1 Å². The summed E-state index contributed by atoms with van der Waals surface area (Å²) < 4.78 is 10.4. The average molecular weight is 316 g/mol. The number of carbonyl (C=O) groups excluding carboxylic acids is 1. The van der Waals surface area contributed by atoms with E-state index in [2.05, 4.69) is 27.7 Å². The van der Waals surface area contributed by atoms with E-state index in [0.717, 1.165) is 21.2 Å². The Morgan fingerprint density at radius 1 is 1.23 bits per heavy atom. The van der Waals surface area contributed by atoms with E-state index < -0.39 is 0 Å². The van der Waals surface area contributed by atoms with Gasteiger partial charge in [-0.1, -0.05) is 33.6 Å². The normalized spacial score (nSPS) is 12.8. The van der Waals surface area contributed by atoms with Gasteiger partial charge in [0, 0.05) is 17.2 Å². The zero-order chi connectivity index (χ0) is 16.0. The van der Waals surface area contributed by atoms with Gasteiger partial charge in [0.05, 0.1) is 14.2 Å². The minimum Gasteiger partial charge on any atom is -0.497 e. The number of rotatable bonds is 7. The van der Waals surface area contributed by atoms with Crippen LogP contribution in [-0.4, -0.2) is 25.9 Å². The molecule has 0 radical (unpaired) electrons. The SMILES string of the molecule is COc1ccc(C(=O)[P-]CC(C)CC(C)(C)C)c(OC)c1.[Li+]. The molecule has 1 atom stereocenters. The van der Waals surface area contributed by atoms with E-state index in [0.29, 0.717) is 28.4 Å². The summed E-state index contributed by atoms with van der Waals surface area (Å²) in [5.74, 6) is 1.80. The smallest absolute Gasteiger partial charge is 0.497 e. The molecule has 1 rings (SSSR count). The fourth-order valence-corrected chi connectivity index (χ4v) is 3.37. The first kappa shape index (κ1) is 21.5. The quantitative estimate of drug-likeness (QED) is 0.569. The summed E-state index contributed by atoms with van der Waals surface area (Å²) in [6, 6.07) is 5.33. The topological polar surface area (TPSA) is 35.5 Å². The third-order valence-electron chi connectivity index (χ3n) is 3.15. The maximum atomic E-state index is 12.4. The third-order valence-corrected chi connectivity index (χ3v) is 4.48. The maximum absolute atomic E-state index is 12.4. The van der Waals surface area contributed by atoms with E-state index >= 15 is 0 Å². The molecule has 22 heavy (non-hydrogen) atoms. The Morgan fingerprint density at radius 2 is 1.86 bits per heavy atom. The van der Waals surface area contributed by atoms with Crippen molar-refractivity contribution < 1.29 is 33.1 Å². The predicted octanol–water partition coefficient (Wildman–Crippen LogP) is 1.87. The molecule has 1 unspecified atom stereocenters. The Labute approximate surface area is 148 Å². The average Bonchev–Trinajstić information content (AvgIpc) is 2.42. The van der Waals surface area contributed by atoms with E-state index in [1.165, 1.54) is 0 Å². The second-order valence-electron chi connectivity index (χ2n) is 6.58. The summed E-state index contributed by atoms with van der Waals surface area (Å²) in [6.07, 6.45) is 2.00. The molecule has 118 valence electrons. The Hall–Kier alpha value is -0.483. The summed E-state index contributed by atoms with van der Waals surface area (Å²) in [5, 5.41) is 0. The van der Waals surface area contributed by atoms with E-state index in [9.17, 15) is 4.79 Å². The van der Waals surface area contributed by atoms with Crippen LogP contribution in [0.5, 0.6) is 11.5 Å². The standard InChI is InChI=1S/C17H26O3P.Li/c1-12(10-17(2,3)4)11-21-16(18)14-8-7-13(19-5)9-15(14)20-6;/h7-9,12H,10-11H2,1-6H3;/q-1;+1. The van der Waals surface area contributed by atoms with Gasteiger partial charge in [0.2, 0.25) is 0 Å². The maximum Gasteiger partial charge on any atom is 1.00 e. The second kappa shape index (κ2) is 9.61. The van der Waals surface area contributed by atoms with Crippen LogP contribution < -0.4 is 28.3 Å². The van der Waals surface area contributed by atoms with Crippen LogP contribution in [0.2, 0.25) is 0 Å². The zero-order valence-electron chi connectivity index (χ0n) is 14.9. The molecular formula is C17H26LiO3P. The van der Waals surface area contributed by atoms with Crippen LogP contribution >= 0.6 is 8.58 Å². The van der Waals surface area contributed by atoms with Gasteiger partial charge in [-0.2, -0.15) is 6.16 Å². The van der Waals surface area contributed by atoms with Crippen LogP contribution in [0.4, 0.5) is 0 Å². The zero-order valence-corrected chi connectivity index (χ0v) is 15.8. The second-order valence-corrected chi connectivity index (χ2v) is 7.67. The molecule has 0 fully saturated rings. The van der Waals surface area contributed by atoms with Crippen molar-refractivity contribution in [2.45, 2.75) is 34.1 Å². The van der Waals surface area contributed by atoms with Gasteiger partial charge in [-0.3, -0.25) is 0 Å². The Bertz CT molecular complexity index is 483. The minimum absolute atomic E-state index is 0. The molecule has 5 heteroatoms. The van der Waals surface area contributed by atoms with E-state index in [1.807, 2.05) is 0 Å². The van der Waals surface area contributed by atoms with Gasteiger partial charge in [-0.05, 0) is 24.0 Å². The van der Waals surface area contributed by atoms with Crippen LogP contribution in [0.1, 0.15) is 44.5 Å². The molecule has 1 aromatic carbocycles. The fraction of sp³-hybridized carbons (Fsp3) is 0.588. The fourth-order valence-electron chi connectivity index (χ4n) is 2.41. The monoisotopic (exact) mass is 316 g/mol. The molecule has 1 aromatic rings. The number of carbonyl (C=O) groups is 1. The summed E-state index contributed by atoms with van der Waals surface area (Å²) in [5.41, 5.74) is 1.04. The summed E-state index contributed by atoms with van der Waals surface area (Å²) >= 11 is 0. The number of methoxy groups -OCH3 is 2. The van der Waals surface area contributed by atoms with Crippen molar-refractivity contribution in [2.75, 3.05) is 20.4 Å². The van der Waals surface area contributed by atoms with Gasteiger partial charge in [0.1, 0.15) is 11.5 Å². The molecule has 0 aliphatic carbocycles. The van der Waals surface area contributed by atoms with Gasteiger partial charge in [0.25, 0.3) is 0 Å². The molecule has 0 aromatic heterocycles. The Morgan fingerprint density at radius 3 is 2.36 bits per heavy atom. The summed E-state index contributed by atoms with van der Waals surface area (Å²) in [7, 11) is 4.00. The van der Waals surface area contributed by atoms with Crippen molar-refractivity contribution in [1.29, 1.82) is 0 Å². The van der Waals surface area contributed by atoms with Crippen LogP contribution in [0.3, 0.4) is 0 Å². The van der Waals surface area contributed by atoms with Gasteiger partial charge in [-0.25, -0.2) is 0 Å². The third kappa shape index (κ3) is 7.19. The molecule has 0 spiro atoms. The molecule has 3 nitrogen and oxygen atoms in total. The first-order valence-electron chi connectivity index (χ1n) is 7.20. The molecule has 0 saturated carbocycles. The van der Waals surface area contributed by atoms with Crippen LogP contribution in [-0.2, 0) is 0 Å². The molecule has 0 amide bonds. The van der Waals surface area contributed by atoms with Gasteiger partial charge in [-0.15, -0.1) is 0 Å². The van der Waals surface area contributed by atoms with Gasteiger partial charge >= 0.3 is 18.9 Å². The minimum atomic E-state index is 0. The summed E-state index contributed by atoms with van der Waals surface area (Å²) in [4.78, 5) is 12.4. The van der Waals surface area contributed by atoms with E-state index in [-0.39, 0.29) is 24.4 Å². The molecule has 0 aliphatic heterocycles. The van der Waals surface area contributed by atoms with Crippen molar-refractivity contribution in [3.8, 4) is 11.5 Å². The van der Waals surface area contributed by atoms with Gasteiger partial charge in [0.15, 0.2) is 0 Å². The van der Waals surface area contributed by atoms with Crippen molar-refractivity contribution in [3.05, 3.63) is 23.8 Å². The molecule has 0 aliphatic rings. The van der Waals surface area contributed by atoms with Crippen molar-refractivity contribution in [3.63, 3.8) is 0 Å². The number of hydrogen-bond donors (Lipinski definition) is 0. The van der Waals surface area contributed by atoms with Crippen LogP contribution in [0, 0.1) is 11.3 Å². The largest absolute Gasteiger partial charge is 1.00 e. The molecular weight excluding hydrogens is 290 g/mol. The van der Waals surface area contributed by atoms with E-state index in [4.69, 9.17) is 9.47 Å². The number of hydrogen-bond acceptors (Lipinski definition) is 3. The molecule has 0 saturated heterocycles. The predicted molar refractivity (Wildman–Crippen MR) is 88.9 cm³/mol. The van der Waals surface area contributed by atoms with Gasteiger partial charge < -0.3 is 22.8 Å². The Balaban J connectivity index is 0.00000441. The first-order chi connectivity index (χ1) is 9.76. The van der Waals surface area contributed by atoms with Crippen molar-refractivity contribution in [2.24, 2.45) is 11.3 Å². The number of ether oxygens (including phenoxy) is 2. The Kier molecular flexibility index (Phi) is 9.40. The molecule has 0 N–H and O–H groups in total. The number of benzene rings is 1. The first-order valence-corrected chi connectivity index (χ1v) is 8.28.